The molecule has 0 amide bonds. The van der Waals surface area contributed by atoms with Crippen molar-refractivity contribution in [1.82, 2.24) is 10.3 Å². The number of nitrogens with zero attached hydrogens (tertiary/aromatic N) is 2. The van der Waals surface area contributed by atoms with Crippen LogP contribution in [-0.4, -0.2) is 37.3 Å². The van der Waals surface area contributed by atoms with Crippen LogP contribution in [-0.2, 0) is 6.42 Å². The lowest BCUT2D eigenvalue weighted by atomic mass is 9.90. The number of nitrogens with one attached hydrogen (secondary N) is 1. The van der Waals surface area contributed by atoms with Crippen LogP contribution in [0, 0.1) is 5.92 Å². The summed E-state index contributed by atoms with van der Waals surface area (Å²) in [6.45, 7) is 4.12. The third kappa shape index (κ3) is 5.48. The van der Waals surface area contributed by atoms with Gasteiger partial charge in [-0.3, -0.25) is 4.98 Å². The molecule has 0 radical (unpaired) electrons. The van der Waals surface area contributed by atoms with Crippen LogP contribution in [0.5, 0.6) is 5.75 Å². The van der Waals surface area contributed by atoms with Gasteiger partial charge in [-0.25, -0.2) is 0 Å². The summed E-state index contributed by atoms with van der Waals surface area (Å²) >= 11 is 0. The largest absolute Gasteiger partial charge is 0.490 e. The van der Waals surface area contributed by atoms with Gasteiger partial charge in [0, 0.05) is 25.2 Å². The van der Waals surface area contributed by atoms with Crippen LogP contribution in [0.15, 0.2) is 48.8 Å². The fourth-order valence-electron chi connectivity index (χ4n) is 4.47. The van der Waals surface area contributed by atoms with Gasteiger partial charge >= 0.3 is 0 Å². The van der Waals surface area contributed by atoms with Crippen molar-refractivity contribution in [3.8, 4) is 5.75 Å². The van der Waals surface area contributed by atoms with Gasteiger partial charge in [0.25, 0.3) is 0 Å². The second-order valence-electron chi connectivity index (χ2n) is 8.29. The fourth-order valence-corrected chi connectivity index (χ4v) is 4.47. The normalized spacial score (nSPS) is 20.4. The molecule has 1 N–H and O–H groups in total. The van der Waals surface area contributed by atoms with E-state index in [1.165, 1.54) is 56.2 Å². The van der Waals surface area contributed by atoms with E-state index in [0.29, 0.717) is 6.04 Å². The van der Waals surface area contributed by atoms with Gasteiger partial charge < -0.3 is 15.0 Å². The highest BCUT2D eigenvalue weighted by atomic mass is 16.5. The average Bonchev–Trinajstić information content (AvgIpc) is 3.28. The lowest BCUT2D eigenvalue weighted by molar-refractivity contribution is 0.276. The number of hydrogen-bond acceptors (Lipinski definition) is 4. The zero-order chi connectivity index (χ0) is 19.0. The van der Waals surface area contributed by atoms with Crippen molar-refractivity contribution in [2.24, 2.45) is 5.92 Å². The molecule has 1 aromatic carbocycles. The van der Waals surface area contributed by atoms with E-state index in [-0.39, 0.29) is 0 Å². The quantitative estimate of drug-likeness (QED) is 0.735. The average molecular weight is 380 g/mol. The lowest BCUT2D eigenvalue weighted by Gasteiger charge is -2.33. The molecule has 2 aromatic rings. The van der Waals surface area contributed by atoms with E-state index in [1.807, 2.05) is 12.4 Å². The smallest absolute Gasteiger partial charge is 0.139 e. The van der Waals surface area contributed by atoms with Gasteiger partial charge in [-0.2, -0.15) is 0 Å². The van der Waals surface area contributed by atoms with Gasteiger partial charge in [0.05, 0.1) is 18.1 Å². The summed E-state index contributed by atoms with van der Waals surface area (Å²) in [4.78, 5) is 6.89. The predicted octanol–water partition coefficient (Wildman–Crippen LogP) is 4.45. The monoisotopic (exact) mass is 379 g/mol. The number of ether oxygens (including phenoxy) is 1. The molecule has 0 saturated carbocycles. The van der Waals surface area contributed by atoms with E-state index in [0.717, 1.165) is 37.9 Å². The molecule has 4 rings (SSSR count). The van der Waals surface area contributed by atoms with Crippen LogP contribution in [0.25, 0.3) is 0 Å². The first-order valence-electron chi connectivity index (χ1n) is 11.0. The van der Waals surface area contributed by atoms with Gasteiger partial charge in [-0.1, -0.05) is 30.3 Å². The Balaban J connectivity index is 1.20. The number of hydrogen-bond donors (Lipinski definition) is 1. The van der Waals surface area contributed by atoms with Crippen LogP contribution in [0.1, 0.15) is 44.1 Å². The molecule has 2 aliphatic heterocycles. The van der Waals surface area contributed by atoms with Crippen LogP contribution in [0.4, 0.5) is 5.69 Å². The first-order chi connectivity index (χ1) is 13.9. The SMILES string of the molecule is c1ccc(CCCC2CCN(c3cncc(OC[C@@H]4CCCN4)c3)CC2)cc1. The van der Waals surface area contributed by atoms with Crippen molar-refractivity contribution in [1.29, 1.82) is 0 Å². The first-order valence-corrected chi connectivity index (χ1v) is 11.0. The molecule has 2 aliphatic rings. The Bertz CT molecular complexity index is 707. The van der Waals surface area contributed by atoms with E-state index in [9.17, 15) is 0 Å². The highest BCUT2D eigenvalue weighted by Gasteiger charge is 2.20. The Labute approximate surface area is 169 Å². The number of benzene rings is 1. The van der Waals surface area contributed by atoms with Gasteiger partial charge in [0.1, 0.15) is 12.4 Å². The van der Waals surface area contributed by atoms with E-state index >= 15 is 0 Å². The van der Waals surface area contributed by atoms with Crippen molar-refractivity contribution < 1.29 is 4.74 Å². The summed E-state index contributed by atoms with van der Waals surface area (Å²) in [6, 6.07) is 13.5. The van der Waals surface area contributed by atoms with E-state index in [4.69, 9.17) is 4.74 Å². The van der Waals surface area contributed by atoms with Crippen molar-refractivity contribution in [2.75, 3.05) is 31.1 Å². The number of anilines is 1. The molecule has 150 valence electrons. The predicted molar refractivity (Wildman–Crippen MR) is 115 cm³/mol. The number of pyridine rings is 1. The number of rotatable bonds is 8. The summed E-state index contributed by atoms with van der Waals surface area (Å²) in [5, 5.41) is 3.48. The third-order valence-electron chi connectivity index (χ3n) is 6.21. The molecule has 0 bridgehead atoms. The third-order valence-corrected chi connectivity index (χ3v) is 6.21. The van der Waals surface area contributed by atoms with E-state index in [2.05, 4.69) is 51.6 Å². The summed E-state index contributed by atoms with van der Waals surface area (Å²) in [5.74, 6) is 1.76. The highest BCUT2D eigenvalue weighted by Crippen LogP contribution is 2.28. The maximum Gasteiger partial charge on any atom is 0.139 e. The topological polar surface area (TPSA) is 37.4 Å². The molecule has 0 unspecified atom stereocenters. The molecule has 2 saturated heterocycles. The van der Waals surface area contributed by atoms with Crippen molar-refractivity contribution in [3.05, 3.63) is 54.4 Å². The molecule has 0 spiro atoms. The zero-order valence-electron chi connectivity index (χ0n) is 16.9. The van der Waals surface area contributed by atoms with Crippen LogP contribution >= 0.6 is 0 Å². The zero-order valence-corrected chi connectivity index (χ0v) is 16.9. The molecule has 4 nitrogen and oxygen atoms in total. The molecular weight excluding hydrogens is 346 g/mol. The van der Waals surface area contributed by atoms with Gasteiger partial charge in [0.15, 0.2) is 0 Å². The Morgan fingerprint density at radius 1 is 1.07 bits per heavy atom. The van der Waals surface area contributed by atoms with E-state index < -0.39 is 0 Å². The van der Waals surface area contributed by atoms with E-state index in [1.54, 1.807) is 0 Å². The number of piperidine rings is 1. The van der Waals surface area contributed by atoms with Gasteiger partial charge in [0.2, 0.25) is 0 Å². The molecule has 3 heterocycles. The number of aryl methyl sites for hydroxylation is 1. The second-order valence-corrected chi connectivity index (χ2v) is 8.29. The minimum absolute atomic E-state index is 0.496. The van der Waals surface area contributed by atoms with Crippen molar-refractivity contribution in [3.63, 3.8) is 0 Å². The van der Waals surface area contributed by atoms with Gasteiger partial charge in [-0.05, 0) is 63.0 Å². The second kappa shape index (κ2) is 9.92. The molecule has 1 atom stereocenters. The standard InChI is InChI=1S/C24H33N3O/c1-2-6-20(7-3-1)8-4-9-21-11-14-27(15-12-21)23-16-24(18-25-17-23)28-19-22-10-5-13-26-22/h1-3,6-7,16-18,21-22,26H,4-5,8-15,19H2/t22-/m0/s1. The maximum atomic E-state index is 5.99. The Morgan fingerprint density at radius 3 is 2.71 bits per heavy atom. The Kier molecular flexibility index (Phi) is 6.82. The minimum Gasteiger partial charge on any atom is -0.490 e. The first kappa shape index (κ1) is 19.3. The minimum atomic E-state index is 0.496. The molecule has 1 aromatic heterocycles. The summed E-state index contributed by atoms with van der Waals surface area (Å²) in [5.41, 5.74) is 2.68. The maximum absolute atomic E-state index is 5.99. The van der Waals surface area contributed by atoms with Crippen LogP contribution in [0.3, 0.4) is 0 Å². The van der Waals surface area contributed by atoms with Crippen LogP contribution < -0.4 is 15.0 Å². The highest BCUT2D eigenvalue weighted by molar-refractivity contribution is 5.48. The molecule has 4 heteroatoms. The Morgan fingerprint density at radius 2 is 1.93 bits per heavy atom. The molecule has 2 fully saturated rings. The van der Waals surface area contributed by atoms with Crippen molar-refractivity contribution >= 4 is 5.69 Å². The molecular formula is C24H33N3O. The lowest BCUT2D eigenvalue weighted by Crippen LogP contribution is -2.33. The van der Waals surface area contributed by atoms with Crippen LogP contribution in [0.2, 0.25) is 0 Å². The summed E-state index contributed by atoms with van der Waals surface area (Å²) < 4.78 is 5.99. The Hall–Kier alpha value is -2.07. The molecule has 0 aliphatic carbocycles. The summed E-state index contributed by atoms with van der Waals surface area (Å²) in [6.07, 6.45) is 12.7. The molecule has 28 heavy (non-hydrogen) atoms. The van der Waals surface area contributed by atoms with Crippen molar-refractivity contribution in [2.45, 2.75) is 51.0 Å². The fraction of sp³-hybridized carbons (Fsp3) is 0.542. The van der Waals surface area contributed by atoms with Gasteiger partial charge in [-0.15, -0.1) is 0 Å². The summed E-state index contributed by atoms with van der Waals surface area (Å²) in [7, 11) is 0. The number of aromatic nitrogens is 1.